The summed E-state index contributed by atoms with van der Waals surface area (Å²) >= 11 is 1.93. The summed E-state index contributed by atoms with van der Waals surface area (Å²) < 4.78 is 0. The van der Waals surface area contributed by atoms with E-state index < -0.39 is 5.97 Å². The van der Waals surface area contributed by atoms with Crippen LogP contribution in [0.1, 0.15) is 45.4 Å². The molecule has 2 saturated heterocycles. The highest BCUT2D eigenvalue weighted by molar-refractivity contribution is 7.99. The largest absolute Gasteiger partial charge is 0.481 e. The van der Waals surface area contributed by atoms with Crippen LogP contribution in [0.2, 0.25) is 0 Å². The maximum Gasteiger partial charge on any atom is 0.318 e. The van der Waals surface area contributed by atoms with Gasteiger partial charge in [-0.2, -0.15) is 11.8 Å². The molecule has 3 fully saturated rings. The molecule has 0 aromatic carbocycles. The number of fused-ring (bicyclic) bond motifs is 2. The van der Waals surface area contributed by atoms with E-state index in [4.69, 9.17) is 0 Å². The molecule has 118 valence electrons. The molecule has 2 N–H and O–H groups in total. The molecule has 5 atom stereocenters. The Labute approximate surface area is 129 Å². The Morgan fingerprint density at radius 1 is 1.29 bits per heavy atom. The van der Waals surface area contributed by atoms with Crippen molar-refractivity contribution in [1.29, 1.82) is 0 Å². The van der Waals surface area contributed by atoms with Crippen LogP contribution >= 0.6 is 11.8 Å². The second-order valence-electron chi connectivity index (χ2n) is 6.37. The lowest BCUT2D eigenvalue weighted by Crippen LogP contribution is -2.49. The van der Waals surface area contributed by atoms with Crippen LogP contribution in [0.15, 0.2) is 0 Å². The number of nitrogens with zero attached hydrogens (tertiary/aromatic N) is 1. The molecule has 2 aliphatic heterocycles. The fourth-order valence-electron chi connectivity index (χ4n) is 4.31. The minimum Gasteiger partial charge on any atom is -0.481 e. The predicted octanol–water partition coefficient (Wildman–Crippen LogP) is 2.31. The van der Waals surface area contributed by atoms with Crippen molar-refractivity contribution >= 4 is 23.8 Å². The lowest BCUT2D eigenvalue weighted by atomic mass is 9.89. The summed E-state index contributed by atoms with van der Waals surface area (Å²) in [7, 11) is 0. The Bertz CT molecular complexity index is 431. The first-order valence-corrected chi connectivity index (χ1v) is 9.10. The normalized spacial score (nSPS) is 38.0. The molecule has 0 aromatic rings. The number of aliphatic carboxylic acids is 1. The smallest absolute Gasteiger partial charge is 0.318 e. The van der Waals surface area contributed by atoms with Gasteiger partial charge in [0.2, 0.25) is 0 Å². The Hall–Kier alpha value is -0.910. The average molecular weight is 312 g/mol. The fourth-order valence-corrected chi connectivity index (χ4v) is 5.51. The van der Waals surface area contributed by atoms with Crippen LogP contribution in [0.25, 0.3) is 0 Å². The van der Waals surface area contributed by atoms with E-state index in [-0.39, 0.29) is 30.1 Å². The Morgan fingerprint density at radius 3 is 2.76 bits per heavy atom. The first-order chi connectivity index (χ1) is 10.1. The lowest BCUT2D eigenvalue weighted by molar-refractivity contribution is -0.142. The molecule has 0 radical (unpaired) electrons. The molecule has 3 aliphatic rings. The highest BCUT2D eigenvalue weighted by atomic mass is 32.2. The number of carbonyl (C=O) groups is 2. The zero-order valence-electron chi connectivity index (χ0n) is 12.5. The van der Waals surface area contributed by atoms with Gasteiger partial charge in [-0.25, -0.2) is 4.79 Å². The Balaban J connectivity index is 1.62. The zero-order valence-corrected chi connectivity index (χ0v) is 13.3. The molecule has 1 saturated carbocycles. The molecular formula is C15H24N2O3S. The zero-order chi connectivity index (χ0) is 15.0. The third kappa shape index (κ3) is 2.74. The van der Waals surface area contributed by atoms with Crippen LogP contribution in [0, 0.1) is 5.92 Å². The van der Waals surface area contributed by atoms with Gasteiger partial charge in [0.25, 0.3) is 0 Å². The molecule has 21 heavy (non-hydrogen) atoms. The second kappa shape index (κ2) is 6.07. The van der Waals surface area contributed by atoms with Crippen molar-refractivity contribution in [2.75, 3.05) is 5.75 Å². The van der Waals surface area contributed by atoms with Gasteiger partial charge in [-0.05, 0) is 37.9 Å². The van der Waals surface area contributed by atoms with E-state index in [0.29, 0.717) is 11.7 Å². The number of hydrogen-bond acceptors (Lipinski definition) is 3. The van der Waals surface area contributed by atoms with Crippen molar-refractivity contribution < 1.29 is 14.7 Å². The van der Waals surface area contributed by atoms with Gasteiger partial charge in [0.15, 0.2) is 0 Å². The molecular weight excluding hydrogens is 288 g/mol. The number of amides is 2. The van der Waals surface area contributed by atoms with Crippen LogP contribution in [-0.4, -0.2) is 51.1 Å². The van der Waals surface area contributed by atoms with Crippen LogP contribution in [0.5, 0.6) is 0 Å². The van der Waals surface area contributed by atoms with Crippen LogP contribution in [0.4, 0.5) is 4.79 Å². The molecule has 2 bridgehead atoms. The van der Waals surface area contributed by atoms with Gasteiger partial charge < -0.3 is 15.3 Å². The minimum absolute atomic E-state index is 0.0279. The highest BCUT2D eigenvalue weighted by Crippen LogP contribution is 2.42. The average Bonchev–Trinajstić information content (AvgIpc) is 3.13. The highest BCUT2D eigenvalue weighted by Gasteiger charge is 2.51. The molecule has 0 spiro atoms. The van der Waals surface area contributed by atoms with Crippen molar-refractivity contribution in [3.63, 3.8) is 0 Å². The Morgan fingerprint density at radius 2 is 2.10 bits per heavy atom. The van der Waals surface area contributed by atoms with E-state index in [0.717, 1.165) is 25.0 Å². The number of hydrogen-bond donors (Lipinski definition) is 2. The number of urea groups is 1. The van der Waals surface area contributed by atoms with Gasteiger partial charge in [-0.3, -0.25) is 4.79 Å². The van der Waals surface area contributed by atoms with Crippen LogP contribution in [-0.2, 0) is 4.79 Å². The van der Waals surface area contributed by atoms with Gasteiger partial charge >= 0.3 is 12.0 Å². The molecule has 5 nitrogen and oxygen atoms in total. The summed E-state index contributed by atoms with van der Waals surface area (Å²) in [6, 6.07) is 0.270. The lowest BCUT2D eigenvalue weighted by Gasteiger charge is -2.27. The minimum atomic E-state index is -0.750. The van der Waals surface area contributed by atoms with Crippen molar-refractivity contribution in [1.82, 2.24) is 10.2 Å². The van der Waals surface area contributed by atoms with Crippen LogP contribution in [0.3, 0.4) is 0 Å². The molecule has 2 heterocycles. The molecule has 6 heteroatoms. The number of thioether (sulfide) groups is 1. The second-order valence-corrected chi connectivity index (χ2v) is 7.88. The summed E-state index contributed by atoms with van der Waals surface area (Å²) in [5.41, 5.74) is 0. The number of rotatable bonds is 4. The van der Waals surface area contributed by atoms with Crippen molar-refractivity contribution in [2.45, 2.75) is 68.8 Å². The molecule has 2 amide bonds. The van der Waals surface area contributed by atoms with Gasteiger partial charge in [-0.1, -0.05) is 13.3 Å². The third-order valence-corrected chi connectivity index (χ3v) is 6.56. The summed E-state index contributed by atoms with van der Waals surface area (Å²) in [6.07, 6.45) is 5.83. The van der Waals surface area contributed by atoms with Crippen LogP contribution < -0.4 is 5.32 Å². The predicted molar refractivity (Wildman–Crippen MR) is 82.5 cm³/mol. The van der Waals surface area contributed by atoms with Crippen molar-refractivity contribution in [3.05, 3.63) is 0 Å². The first kappa shape index (κ1) is 15.0. The van der Waals surface area contributed by atoms with E-state index in [1.165, 1.54) is 12.8 Å². The van der Waals surface area contributed by atoms with E-state index in [1.807, 2.05) is 16.7 Å². The monoisotopic (exact) mass is 312 g/mol. The quantitative estimate of drug-likeness (QED) is 0.836. The summed E-state index contributed by atoms with van der Waals surface area (Å²) in [4.78, 5) is 25.7. The van der Waals surface area contributed by atoms with E-state index in [1.54, 1.807) is 0 Å². The van der Waals surface area contributed by atoms with Crippen molar-refractivity contribution in [3.8, 4) is 0 Å². The molecule has 0 aromatic heterocycles. The van der Waals surface area contributed by atoms with Gasteiger partial charge in [0.05, 0.1) is 5.92 Å². The van der Waals surface area contributed by atoms with Gasteiger partial charge in [0, 0.05) is 23.4 Å². The summed E-state index contributed by atoms with van der Waals surface area (Å²) in [5, 5.41) is 13.0. The number of carbonyl (C=O) groups excluding carboxylic acids is 1. The van der Waals surface area contributed by atoms with Gasteiger partial charge in [0.1, 0.15) is 0 Å². The maximum absolute atomic E-state index is 12.6. The number of carboxylic acids is 1. The molecule has 5 unspecified atom stereocenters. The maximum atomic E-state index is 12.6. The third-order valence-electron chi connectivity index (χ3n) is 5.23. The van der Waals surface area contributed by atoms with E-state index in [2.05, 4.69) is 12.2 Å². The SMILES string of the molecule is CCSC1CCCC1NC(=O)N1C2CCC1C(C(=O)O)C2. The first-order valence-electron chi connectivity index (χ1n) is 8.05. The van der Waals surface area contributed by atoms with Crippen molar-refractivity contribution in [2.24, 2.45) is 5.92 Å². The Kier molecular flexibility index (Phi) is 4.33. The van der Waals surface area contributed by atoms with E-state index >= 15 is 0 Å². The number of carboxylic acid groups (broad SMARTS) is 1. The summed E-state index contributed by atoms with van der Waals surface area (Å²) in [6.45, 7) is 2.15. The molecule has 1 aliphatic carbocycles. The van der Waals surface area contributed by atoms with Gasteiger partial charge in [-0.15, -0.1) is 0 Å². The molecule has 3 rings (SSSR count). The van der Waals surface area contributed by atoms with E-state index in [9.17, 15) is 14.7 Å². The standard InChI is InChI=1S/C15H24N2O3S/c1-2-21-13-5-3-4-11(13)16-15(20)17-9-6-7-12(17)10(8-9)14(18)19/h9-13H,2-8H2,1H3,(H,16,20)(H,18,19). The fraction of sp³-hybridized carbons (Fsp3) is 0.867. The summed E-state index contributed by atoms with van der Waals surface area (Å²) in [5.74, 6) is -0.0354. The number of nitrogens with one attached hydrogen (secondary N) is 1. The topological polar surface area (TPSA) is 69.6 Å².